The minimum atomic E-state index is -2.75. The molecule has 0 bridgehead atoms. The molecule has 2 amide bonds. The van der Waals surface area contributed by atoms with Gasteiger partial charge in [0, 0.05) is 6.54 Å². The average molecular weight is 182 g/mol. The topological polar surface area (TPSA) is 119 Å². The van der Waals surface area contributed by atoms with E-state index in [1.54, 1.807) is 0 Å². The van der Waals surface area contributed by atoms with Crippen LogP contribution in [0.5, 0.6) is 0 Å². The first-order chi connectivity index (χ1) is 5.09. The lowest BCUT2D eigenvalue weighted by molar-refractivity contribution is 0.208. The van der Waals surface area contributed by atoms with Crippen LogP contribution in [0.25, 0.3) is 0 Å². The second-order valence-electron chi connectivity index (χ2n) is 1.48. The summed E-state index contributed by atoms with van der Waals surface area (Å²) in [5.41, 5.74) is 6.69. The molecule has 0 aliphatic heterocycles. The van der Waals surface area contributed by atoms with Crippen molar-refractivity contribution in [1.82, 2.24) is 9.84 Å². The molecule has 0 heterocycles. The molecule has 0 aromatic rings. The summed E-state index contributed by atoms with van der Waals surface area (Å²) in [7, 11) is 0. The van der Waals surface area contributed by atoms with E-state index in [1.165, 1.54) is 0 Å². The van der Waals surface area contributed by atoms with Crippen LogP contribution in [-0.4, -0.2) is 37.5 Å². The Morgan fingerprint density at radius 3 is 2.64 bits per heavy atom. The number of urea groups is 1. The zero-order valence-corrected chi connectivity index (χ0v) is 6.34. The van der Waals surface area contributed by atoms with Gasteiger partial charge in [0.2, 0.25) is 0 Å². The number of amides is 2. The molecule has 8 heteroatoms. The Morgan fingerprint density at radius 2 is 2.36 bits per heavy atom. The molecular formula is C3H8N3O4S-. The highest BCUT2D eigenvalue weighted by molar-refractivity contribution is 7.77. The standard InChI is InChI=1S/C3H9N3O4S/c4-3(8)6(11(9)10)5-1-2-7/h5,7H,1-2H2,(H2,4,8)(H,9,10)/p-1. The minimum Gasteiger partial charge on any atom is -0.754 e. The van der Waals surface area contributed by atoms with Gasteiger partial charge in [-0.05, 0) is 0 Å². The molecule has 1 unspecified atom stereocenters. The number of nitrogens with two attached hydrogens (primary N) is 1. The highest BCUT2D eigenvalue weighted by Gasteiger charge is 2.07. The first-order valence-electron chi connectivity index (χ1n) is 2.63. The van der Waals surface area contributed by atoms with E-state index in [0.29, 0.717) is 0 Å². The molecule has 7 nitrogen and oxygen atoms in total. The molecule has 0 saturated carbocycles. The fourth-order valence-electron chi connectivity index (χ4n) is 0.356. The second-order valence-corrected chi connectivity index (χ2v) is 2.28. The lowest BCUT2D eigenvalue weighted by atomic mass is 10.7. The Labute approximate surface area is 65.6 Å². The largest absolute Gasteiger partial charge is 0.754 e. The molecule has 0 fully saturated rings. The van der Waals surface area contributed by atoms with E-state index in [1.807, 2.05) is 0 Å². The van der Waals surface area contributed by atoms with Crippen LogP contribution in [0.3, 0.4) is 0 Å². The maximum atomic E-state index is 10.3. The number of rotatable bonds is 4. The summed E-state index contributed by atoms with van der Waals surface area (Å²) < 4.78 is 20.4. The predicted octanol–water partition coefficient (Wildman–Crippen LogP) is -2.34. The fraction of sp³-hybridized carbons (Fsp3) is 0.667. The molecule has 66 valence electrons. The number of carbonyl (C=O) groups is 1. The van der Waals surface area contributed by atoms with Crippen molar-refractivity contribution in [3.63, 3.8) is 0 Å². The minimum absolute atomic E-state index is 0.0586. The van der Waals surface area contributed by atoms with Crippen molar-refractivity contribution >= 4 is 17.3 Å². The van der Waals surface area contributed by atoms with Crippen LogP contribution in [0.15, 0.2) is 0 Å². The molecule has 11 heavy (non-hydrogen) atoms. The van der Waals surface area contributed by atoms with Gasteiger partial charge in [-0.2, -0.15) is 4.41 Å². The number of primary amides is 1. The summed E-state index contributed by atoms with van der Waals surface area (Å²) in [6.45, 7) is -0.349. The van der Waals surface area contributed by atoms with Gasteiger partial charge in [0.15, 0.2) is 0 Å². The van der Waals surface area contributed by atoms with Gasteiger partial charge in [0.1, 0.15) is 0 Å². The molecule has 0 saturated heterocycles. The van der Waals surface area contributed by atoms with Crippen molar-refractivity contribution in [1.29, 1.82) is 0 Å². The summed E-state index contributed by atoms with van der Waals surface area (Å²) in [6.07, 6.45) is 0. The van der Waals surface area contributed by atoms with E-state index in [0.717, 1.165) is 0 Å². The Morgan fingerprint density at radius 1 is 1.82 bits per heavy atom. The van der Waals surface area contributed by atoms with Gasteiger partial charge >= 0.3 is 6.03 Å². The molecule has 0 radical (unpaired) electrons. The van der Waals surface area contributed by atoms with Crippen LogP contribution in [0, 0.1) is 0 Å². The maximum absolute atomic E-state index is 10.3. The molecule has 0 aromatic carbocycles. The number of aliphatic hydroxyl groups is 1. The van der Waals surface area contributed by atoms with E-state index in [9.17, 15) is 13.6 Å². The van der Waals surface area contributed by atoms with Crippen LogP contribution in [0.1, 0.15) is 0 Å². The average Bonchev–Trinajstić information content (AvgIpc) is 1.87. The highest BCUT2D eigenvalue weighted by atomic mass is 32.2. The molecule has 4 N–H and O–H groups in total. The molecule has 0 aliphatic rings. The molecule has 1 atom stereocenters. The fourth-order valence-corrected chi connectivity index (χ4v) is 0.699. The Kier molecular flexibility index (Phi) is 4.70. The van der Waals surface area contributed by atoms with Crippen molar-refractivity contribution in [3.8, 4) is 0 Å². The number of hydrogen-bond acceptors (Lipinski definition) is 5. The lowest BCUT2D eigenvalue weighted by Gasteiger charge is -2.21. The van der Waals surface area contributed by atoms with Gasteiger partial charge in [0.05, 0.1) is 17.9 Å². The van der Waals surface area contributed by atoms with Crippen molar-refractivity contribution in [2.45, 2.75) is 0 Å². The smallest absolute Gasteiger partial charge is 0.340 e. The first-order valence-corrected chi connectivity index (χ1v) is 3.66. The molecule has 0 rings (SSSR count). The number of hydrazine groups is 1. The van der Waals surface area contributed by atoms with Crippen molar-refractivity contribution in [2.24, 2.45) is 5.73 Å². The monoisotopic (exact) mass is 182 g/mol. The normalized spacial score (nSPS) is 12.5. The van der Waals surface area contributed by atoms with Gasteiger partial charge in [-0.15, -0.1) is 0 Å². The summed E-state index contributed by atoms with van der Waals surface area (Å²) in [5.74, 6) is 0. The number of aliphatic hydroxyl groups excluding tert-OH is 1. The zero-order chi connectivity index (χ0) is 8.85. The van der Waals surface area contributed by atoms with E-state index in [2.05, 4.69) is 11.2 Å². The van der Waals surface area contributed by atoms with Gasteiger partial charge < -0.3 is 15.4 Å². The van der Waals surface area contributed by atoms with Gasteiger partial charge in [-0.1, -0.05) is 0 Å². The SMILES string of the molecule is NC(=O)N(NCCO)S(=O)[O-]. The van der Waals surface area contributed by atoms with Crippen LogP contribution in [0.4, 0.5) is 4.79 Å². The second kappa shape index (κ2) is 5.02. The third-order valence-electron chi connectivity index (χ3n) is 0.716. The number of hydrogen-bond donors (Lipinski definition) is 3. The first kappa shape index (κ1) is 10.3. The van der Waals surface area contributed by atoms with E-state index in [4.69, 9.17) is 5.11 Å². The third kappa shape index (κ3) is 3.88. The van der Waals surface area contributed by atoms with Crippen LogP contribution in [-0.2, 0) is 11.3 Å². The van der Waals surface area contributed by atoms with Gasteiger partial charge in [0.25, 0.3) is 0 Å². The van der Waals surface area contributed by atoms with Gasteiger partial charge in [-0.3, -0.25) is 4.21 Å². The molecule has 0 aromatic heterocycles. The van der Waals surface area contributed by atoms with Crippen LogP contribution < -0.4 is 11.2 Å². The lowest BCUT2D eigenvalue weighted by Crippen LogP contribution is -2.47. The Balaban J connectivity index is 3.90. The van der Waals surface area contributed by atoms with Gasteiger partial charge in [-0.25, -0.2) is 10.2 Å². The number of nitrogens with one attached hydrogen (secondary N) is 1. The van der Waals surface area contributed by atoms with E-state index in [-0.39, 0.29) is 17.6 Å². The van der Waals surface area contributed by atoms with Crippen molar-refractivity contribution in [2.75, 3.05) is 13.2 Å². The summed E-state index contributed by atoms with van der Waals surface area (Å²) in [5, 5.41) is 8.24. The van der Waals surface area contributed by atoms with Crippen molar-refractivity contribution < 1.29 is 18.7 Å². The van der Waals surface area contributed by atoms with Crippen LogP contribution >= 0.6 is 0 Å². The third-order valence-corrected chi connectivity index (χ3v) is 1.32. The van der Waals surface area contributed by atoms with E-state index >= 15 is 0 Å². The van der Waals surface area contributed by atoms with E-state index < -0.39 is 17.3 Å². The van der Waals surface area contributed by atoms with Crippen molar-refractivity contribution in [3.05, 3.63) is 0 Å². The number of carbonyl (C=O) groups excluding carboxylic acids is 1. The maximum Gasteiger partial charge on any atom is 0.340 e. The number of nitrogens with zero attached hydrogens (tertiary/aromatic N) is 1. The highest BCUT2D eigenvalue weighted by Crippen LogP contribution is 1.84. The van der Waals surface area contributed by atoms with Crippen LogP contribution in [0.2, 0.25) is 0 Å². The summed E-state index contributed by atoms with van der Waals surface area (Å²) >= 11 is -2.75. The molecule has 0 aliphatic carbocycles. The predicted molar refractivity (Wildman–Crippen MR) is 35.4 cm³/mol. The molecular weight excluding hydrogens is 174 g/mol. The Hall–Kier alpha value is -0.700. The zero-order valence-electron chi connectivity index (χ0n) is 5.52. The summed E-state index contributed by atoms with van der Waals surface area (Å²) in [6, 6.07) is -1.15. The molecule has 0 spiro atoms. The quantitative estimate of drug-likeness (QED) is 0.332. The summed E-state index contributed by atoms with van der Waals surface area (Å²) in [4.78, 5) is 10.3. The Bertz CT molecular complexity index is 149.